The lowest BCUT2D eigenvalue weighted by Gasteiger charge is -2.00. The Morgan fingerprint density at radius 3 is 2.64 bits per heavy atom. The number of benzene rings is 1. The standard InChI is InChI=1S/C10H7ClN2O/c11-9-4-2-1-3-8(9)7(6-12)5-10(13)14/h1-5H,(H2,13,14)/b7-5-. The third-order valence-electron chi connectivity index (χ3n) is 1.57. The van der Waals surface area contributed by atoms with E-state index in [1.807, 2.05) is 6.07 Å². The van der Waals surface area contributed by atoms with Crippen LogP contribution in [0.4, 0.5) is 0 Å². The number of halogens is 1. The van der Waals surface area contributed by atoms with Crippen LogP contribution < -0.4 is 5.73 Å². The second kappa shape index (κ2) is 4.45. The van der Waals surface area contributed by atoms with Gasteiger partial charge in [0.2, 0.25) is 5.91 Å². The third-order valence-corrected chi connectivity index (χ3v) is 1.90. The summed E-state index contributed by atoms with van der Waals surface area (Å²) in [7, 11) is 0. The van der Waals surface area contributed by atoms with Crippen LogP contribution in [-0.2, 0) is 4.79 Å². The number of nitriles is 1. The van der Waals surface area contributed by atoms with E-state index in [1.165, 1.54) is 0 Å². The van der Waals surface area contributed by atoms with Crippen LogP contribution in [-0.4, -0.2) is 5.91 Å². The number of carbonyl (C=O) groups excluding carboxylic acids is 1. The summed E-state index contributed by atoms with van der Waals surface area (Å²) in [6, 6.07) is 8.63. The van der Waals surface area contributed by atoms with Crippen LogP contribution in [0, 0.1) is 11.3 Å². The molecular formula is C10H7ClN2O. The minimum atomic E-state index is -0.665. The van der Waals surface area contributed by atoms with Gasteiger partial charge in [-0.25, -0.2) is 0 Å². The molecule has 14 heavy (non-hydrogen) atoms. The molecule has 1 aromatic carbocycles. The van der Waals surface area contributed by atoms with Gasteiger partial charge in [0.05, 0.1) is 5.57 Å². The molecule has 0 aliphatic heterocycles. The lowest BCUT2D eigenvalue weighted by Crippen LogP contribution is -2.06. The predicted octanol–water partition coefficient (Wildman–Crippen LogP) is 1.73. The summed E-state index contributed by atoms with van der Waals surface area (Å²) in [5, 5.41) is 9.19. The van der Waals surface area contributed by atoms with Crippen molar-refractivity contribution >= 4 is 23.1 Å². The van der Waals surface area contributed by atoms with Gasteiger partial charge in [0.15, 0.2) is 0 Å². The molecule has 0 aliphatic carbocycles. The van der Waals surface area contributed by atoms with E-state index >= 15 is 0 Å². The lowest BCUT2D eigenvalue weighted by molar-refractivity contribution is -0.113. The van der Waals surface area contributed by atoms with Crippen molar-refractivity contribution in [3.05, 3.63) is 40.9 Å². The molecule has 0 bridgehead atoms. The maximum Gasteiger partial charge on any atom is 0.242 e. The maximum absolute atomic E-state index is 10.6. The second-order valence-corrected chi connectivity index (χ2v) is 2.96. The predicted molar refractivity (Wildman–Crippen MR) is 54.2 cm³/mol. The zero-order valence-electron chi connectivity index (χ0n) is 7.20. The molecule has 70 valence electrons. The Morgan fingerprint density at radius 1 is 1.50 bits per heavy atom. The van der Waals surface area contributed by atoms with Crippen LogP contribution in [0.25, 0.3) is 5.57 Å². The number of hydrogen-bond acceptors (Lipinski definition) is 2. The van der Waals surface area contributed by atoms with Gasteiger partial charge < -0.3 is 5.73 Å². The Kier molecular flexibility index (Phi) is 3.27. The summed E-state index contributed by atoms with van der Waals surface area (Å²) in [6.07, 6.45) is 1.06. The highest BCUT2D eigenvalue weighted by atomic mass is 35.5. The van der Waals surface area contributed by atoms with Gasteiger partial charge in [-0.05, 0) is 6.07 Å². The van der Waals surface area contributed by atoms with E-state index in [9.17, 15) is 4.79 Å². The van der Waals surface area contributed by atoms with Crippen molar-refractivity contribution in [2.45, 2.75) is 0 Å². The molecular weight excluding hydrogens is 200 g/mol. The normalized spacial score (nSPS) is 10.7. The minimum Gasteiger partial charge on any atom is -0.366 e. The Balaban J connectivity index is 3.22. The van der Waals surface area contributed by atoms with Gasteiger partial charge in [0.1, 0.15) is 6.07 Å². The molecule has 1 rings (SSSR count). The molecule has 0 radical (unpaired) electrons. The van der Waals surface area contributed by atoms with E-state index in [-0.39, 0.29) is 5.57 Å². The molecule has 1 amide bonds. The lowest BCUT2D eigenvalue weighted by atomic mass is 10.1. The van der Waals surface area contributed by atoms with Crippen molar-refractivity contribution in [1.29, 1.82) is 5.26 Å². The average molecular weight is 207 g/mol. The number of nitrogens with two attached hydrogens (primary N) is 1. The number of nitrogens with zero attached hydrogens (tertiary/aromatic N) is 1. The molecule has 0 unspecified atom stereocenters. The average Bonchev–Trinajstić information content (AvgIpc) is 2.15. The zero-order valence-corrected chi connectivity index (χ0v) is 7.95. The van der Waals surface area contributed by atoms with Crippen LogP contribution in [0.3, 0.4) is 0 Å². The second-order valence-electron chi connectivity index (χ2n) is 2.55. The Bertz CT molecular complexity index is 432. The van der Waals surface area contributed by atoms with Crippen molar-refractivity contribution in [3.8, 4) is 6.07 Å². The molecule has 0 spiro atoms. The molecule has 3 nitrogen and oxygen atoms in total. The first kappa shape index (κ1) is 10.3. The first-order chi connectivity index (χ1) is 6.65. The summed E-state index contributed by atoms with van der Waals surface area (Å²) in [4.78, 5) is 10.6. The smallest absolute Gasteiger partial charge is 0.242 e. The van der Waals surface area contributed by atoms with Gasteiger partial charge in [0.25, 0.3) is 0 Å². The highest BCUT2D eigenvalue weighted by molar-refractivity contribution is 6.32. The van der Waals surface area contributed by atoms with Crippen molar-refractivity contribution in [1.82, 2.24) is 0 Å². The third kappa shape index (κ3) is 2.35. The van der Waals surface area contributed by atoms with Crippen LogP contribution in [0.1, 0.15) is 5.56 Å². The van der Waals surface area contributed by atoms with Gasteiger partial charge in [-0.1, -0.05) is 29.8 Å². The van der Waals surface area contributed by atoms with E-state index in [0.717, 1.165) is 6.08 Å². The van der Waals surface area contributed by atoms with E-state index < -0.39 is 5.91 Å². The zero-order chi connectivity index (χ0) is 10.6. The quantitative estimate of drug-likeness (QED) is 0.592. The molecule has 0 fully saturated rings. The summed E-state index contributed by atoms with van der Waals surface area (Å²) in [5.74, 6) is -0.665. The minimum absolute atomic E-state index is 0.170. The van der Waals surface area contributed by atoms with Gasteiger partial charge in [-0.3, -0.25) is 4.79 Å². The van der Waals surface area contributed by atoms with Gasteiger partial charge in [0, 0.05) is 16.7 Å². The fourth-order valence-electron chi connectivity index (χ4n) is 0.992. The van der Waals surface area contributed by atoms with Crippen molar-refractivity contribution in [3.63, 3.8) is 0 Å². The summed E-state index contributed by atoms with van der Waals surface area (Å²) in [6.45, 7) is 0. The number of allylic oxidation sites excluding steroid dienone is 1. The van der Waals surface area contributed by atoms with Crippen LogP contribution in [0.5, 0.6) is 0 Å². The fraction of sp³-hybridized carbons (Fsp3) is 0. The maximum atomic E-state index is 10.6. The van der Waals surface area contributed by atoms with Gasteiger partial charge >= 0.3 is 0 Å². The SMILES string of the molecule is N#C/C(=C/C(N)=O)c1ccccc1Cl. The topological polar surface area (TPSA) is 66.9 Å². The Labute approximate surface area is 86.4 Å². The summed E-state index contributed by atoms with van der Waals surface area (Å²) >= 11 is 5.84. The molecule has 2 N–H and O–H groups in total. The Hall–Kier alpha value is -1.79. The molecule has 0 atom stereocenters. The first-order valence-corrected chi connectivity index (χ1v) is 4.19. The van der Waals surface area contributed by atoms with Crippen molar-refractivity contribution in [2.75, 3.05) is 0 Å². The fourth-order valence-corrected chi connectivity index (χ4v) is 1.23. The van der Waals surface area contributed by atoms with E-state index in [0.29, 0.717) is 10.6 Å². The molecule has 4 heteroatoms. The van der Waals surface area contributed by atoms with Crippen molar-refractivity contribution < 1.29 is 4.79 Å². The molecule has 0 aliphatic rings. The van der Waals surface area contributed by atoms with Crippen LogP contribution in [0.15, 0.2) is 30.3 Å². The van der Waals surface area contributed by atoms with E-state index in [4.69, 9.17) is 22.6 Å². The van der Waals surface area contributed by atoms with Crippen molar-refractivity contribution in [2.24, 2.45) is 5.73 Å². The number of carbonyl (C=O) groups is 1. The number of primary amides is 1. The van der Waals surface area contributed by atoms with Gasteiger partial charge in [-0.15, -0.1) is 0 Å². The molecule has 0 aromatic heterocycles. The number of hydrogen-bond donors (Lipinski definition) is 1. The number of amides is 1. The van der Waals surface area contributed by atoms with E-state index in [1.54, 1.807) is 24.3 Å². The van der Waals surface area contributed by atoms with E-state index in [2.05, 4.69) is 0 Å². The highest BCUT2D eigenvalue weighted by Gasteiger charge is 2.05. The highest BCUT2D eigenvalue weighted by Crippen LogP contribution is 2.22. The number of rotatable bonds is 2. The Morgan fingerprint density at radius 2 is 2.14 bits per heavy atom. The summed E-state index contributed by atoms with van der Waals surface area (Å²) in [5.41, 5.74) is 5.63. The monoisotopic (exact) mass is 206 g/mol. The molecule has 0 saturated heterocycles. The molecule has 0 heterocycles. The largest absolute Gasteiger partial charge is 0.366 e. The summed E-state index contributed by atoms with van der Waals surface area (Å²) < 4.78 is 0. The molecule has 0 saturated carbocycles. The van der Waals surface area contributed by atoms with Crippen LogP contribution >= 0.6 is 11.6 Å². The van der Waals surface area contributed by atoms with Gasteiger partial charge in [-0.2, -0.15) is 5.26 Å². The molecule has 1 aromatic rings. The first-order valence-electron chi connectivity index (χ1n) is 3.81. The van der Waals surface area contributed by atoms with Crippen LogP contribution in [0.2, 0.25) is 5.02 Å².